The number of nitrogens with one attached hydrogen (secondary N) is 1. The molecule has 0 atom stereocenters. The molecule has 0 fully saturated rings. The van der Waals surface area contributed by atoms with Crippen LogP contribution in [0.4, 0.5) is 15.8 Å². The number of hydrogen-bond donors (Lipinski definition) is 1. The third kappa shape index (κ3) is 5.30. The third-order valence-electron chi connectivity index (χ3n) is 3.84. The lowest BCUT2D eigenvalue weighted by molar-refractivity contribution is -0.114. The van der Waals surface area contributed by atoms with Crippen molar-refractivity contribution in [2.75, 3.05) is 36.9 Å². The highest BCUT2D eigenvalue weighted by atomic mass is 32.2. The van der Waals surface area contributed by atoms with Crippen LogP contribution in [0.15, 0.2) is 48.5 Å². The molecule has 0 aliphatic carbocycles. The summed E-state index contributed by atoms with van der Waals surface area (Å²) < 4.78 is 46.1. The molecule has 0 radical (unpaired) electrons. The highest BCUT2D eigenvalue weighted by Gasteiger charge is 2.29. The van der Waals surface area contributed by atoms with Crippen molar-refractivity contribution in [1.29, 1.82) is 0 Å². The first kappa shape index (κ1) is 22.3. The van der Waals surface area contributed by atoms with E-state index >= 15 is 0 Å². The van der Waals surface area contributed by atoms with Gasteiger partial charge >= 0.3 is 16.2 Å². The number of ether oxygens (including phenoxy) is 1. The van der Waals surface area contributed by atoms with Crippen molar-refractivity contribution in [2.45, 2.75) is 6.92 Å². The van der Waals surface area contributed by atoms with Crippen LogP contribution in [0.25, 0.3) is 0 Å². The van der Waals surface area contributed by atoms with Gasteiger partial charge in [-0.15, -0.1) is 0 Å². The molecule has 0 saturated carbocycles. The van der Waals surface area contributed by atoms with Crippen molar-refractivity contribution in [3.05, 3.63) is 59.9 Å². The van der Waals surface area contributed by atoms with Crippen LogP contribution in [-0.4, -0.2) is 51.8 Å². The predicted molar refractivity (Wildman–Crippen MR) is 107 cm³/mol. The summed E-state index contributed by atoms with van der Waals surface area (Å²) in [4.78, 5) is 24.6. The molecule has 2 rings (SSSR count). The van der Waals surface area contributed by atoms with E-state index in [1.807, 2.05) is 0 Å². The summed E-state index contributed by atoms with van der Waals surface area (Å²) in [5.74, 6) is -2.18. The first-order chi connectivity index (χ1) is 13.7. The number of para-hydroxylation sites is 2. The molecule has 0 aliphatic heterocycles. The van der Waals surface area contributed by atoms with Crippen LogP contribution in [0.1, 0.15) is 17.3 Å². The van der Waals surface area contributed by atoms with E-state index in [1.54, 1.807) is 19.1 Å². The maximum Gasteiger partial charge on any atom is 0.340 e. The number of carbonyl (C=O) groups excluding carboxylic acids is 2. The zero-order chi connectivity index (χ0) is 21.6. The molecular formula is C19H22FN3O5S. The van der Waals surface area contributed by atoms with Gasteiger partial charge in [0.15, 0.2) is 0 Å². The summed E-state index contributed by atoms with van der Waals surface area (Å²) in [5, 5.41) is 2.49. The highest BCUT2D eigenvalue weighted by Crippen LogP contribution is 2.23. The van der Waals surface area contributed by atoms with Crippen molar-refractivity contribution >= 4 is 33.5 Å². The lowest BCUT2D eigenvalue weighted by Crippen LogP contribution is -2.44. The van der Waals surface area contributed by atoms with Crippen LogP contribution in [0.3, 0.4) is 0 Å². The molecule has 156 valence electrons. The Bertz CT molecular complexity index is 995. The molecular weight excluding hydrogens is 401 g/mol. The van der Waals surface area contributed by atoms with Crippen molar-refractivity contribution < 1.29 is 27.1 Å². The molecule has 0 spiro atoms. The van der Waals surface area contributed by atoms with Crippen molar-refractivity contribution in [1.82, 2.24) is 4.31 Å². The van der Waals surface area contributed by atoms with Gasteiger partial charge in [-0.25, -0.2) is 13.5 Å². The van der Waals surface area contributed by atoms with Gasteiger partial charge in [0.25, 0.3) is 0 Å². The van der Waals surface area contributed by atoms with Crippen LogP contribution in [0.2, 0.25) is 0 Å². The fourth-order valence-electron chi connectivity index (χ4n) is 2.44. The zero-order valence-corrected chi connectivity index (χ0v) is 17.1. The maximum absolute atomic E-state index is 14.2. The second kappa shape index (κ2) is 9.48. The summed E-state index contributed by atoms with van der Waals surface area (Å²) >= 11 is 0. The van der Waals surface area contributed by atoms with E-state index in [0.29, 0.717) is 4.31 Å². The van der Waals surface area contributed by atoms with E-state index in [9.17, 15) is 22.4 Å². The minimum atomic E-state index is -4.16. The number of anilines is 2. The monoisotopic (exact) mass is 423 g/mol. The zero-order valence-electron chi connectivity index (χ0n) is 16.3. The molecule has 2 aromatic rings. The Balaban J connectivity index is 2.33. The Hall–Kier alpha value is -2.98. The summed E-state index contributed by atoms with van der Waals surface area (Å²) in [6.45, 7) is 1.11. The smallest absolute Gasteiger partial charge is 0.340 e. The molecule has 0 bridgehead atoms. The summed E-state index contributed by atoms with van der Waals surface area (Å²) in [6, 6.07) is 11.4. The number of nitrogens with zero attached hydrogens (tertiary/aromatic N) is 2. The molecule has 0 saturated heterocycles. The third-order valence-corrected chi connectivity index (χ3v) is 5.65. The number of rotatable bonds is 8. The molecule has 0 heterocycles. The van der Waals surface area contributed by atoms with E-state index in [0.717, 1.165) is 10.4 Å². The van der Waals surface area contributed by atoms with Gasteiger partial charge in [0, 0.05) is 14.1 Å². The normalized spacial score (nSPS) is 11.2. The van der Waals surface area contributed by atoms with Gasteiger partial charge in [0.1, 0.15) is 12.4 Å². The molecule has 0 aromatic heterocycles. The summed E-state index contributed by atoms with van der Waals surface area (Å²) in [7, 11) is -1.61. The minimum Gasteiger partial charge on any atom is -0.462 e. The number of esters is 1. The lowest BCUT2D eigenvalue weighted by atomic mass is 10.2. The Morgan fingerprint density at radius 2 is 1.69 bits per heavy atom. The average Bonchev–Trinajstić information content (AvgIpc) is 2.67. The van der Waals surface area contributed by atoms with E-state index < -0.39 is 34.4 Å². The first-order valence-electron chi connectivity index (χ1n) is 8.69. The number of carbonyl (C=O) groups is 2. The Morgan fingerprint density at radius 3 is 2.31 bits per heavy atom. The van der Waals surface area contributed by atoms with Crippen molar-refractivity contribution in [2.24, 2.45) is 0 Å². The largest absolute Gasteiger partial charge is 0.462 e. The van der Waals surface area contributed by atoms with Crippen LogP contribution in [0.5, 0.6) is 0 Å². The van der Waals surface area contributed by atoms with E-state index in [-0.39, 0.29) is 23.5 Å². The fraction of sp³-hybridized carbons (Fsp3) is 0.263. The van der Waals surface area contributed by atoms with E-state index in [1.165, 1.54) is 44.4 Å². The summed E-state index contributed by atoms with van der Waals surface area (Å²) in [5.41, 5.74) is 0.0114. The van der Waals surface area contributed by atoms with Gasteiger partial charge in [0.2, 0.25) is 5.91 Å². The summed E-state index contributed by atoms with van der Waals surface area (Å²) in [6.07, 6.45) is 0. The van der Waals surface area contributed by atoms with Crippen LogP contribution in [-0.2, 0) is 19.7 Å². The molecule has 1 N–H and O–H groups in total. The average molecular weight is 423 g/mol. The Kier molecular flexibility index (Phi) is 7.29. The number of halogens is 1. The quantitative estimate of drug-likeness (QED) is 0.657. The number of hydrogen-bond acceptors (Lipinski definition) is 5. The van der Waals surface area contributed by atoms with E-state index in [2.05, 4.69) is 5.32 Å². The van der Waals surface area contributed by atoms with Crippen LogP contribution < -0.4 is 9.62 Å². The number of benzene rings is 2. The van der Waals surface area contributed by atoms with Crippen molar-refractivity contribution in [3.8, 4) is 0 Å². The molecule has 1 amide bonds. The SMILES string of the molecule is CCOC(=O)c1ccccc1NC(=O)CN(c1ccccc1F)S(=O)(=O)N(C)C. The molecule has 0 aliphatic rings. The van der Waals surface area contributed by atoms with Gasteiger partial charge in [0.05, 0.1) is 23.5 Å². The molecule has 0 unspecified atom stereocenters. The molecule has 10 heteroatoms. The molecule has 29 heavy (non-hydrogen) atoms. The lowest BCUT2D eigenvalue weighted by Gasteiger charge is -2.27. The minimum absolute atomic E-state index is 0.121. The standard InChI is InChI=1S/C19H22FN3O5S/c1-4-28-19(25)14-9-5-7-11-16(14)21-18(24)13-23(29(26,27)22(2)3)17-12-8-6-10-15(17)20/h5-12H,4,13H2,1-3H3,(H,21,24). The fourth-order valence-corrected chi connectivity index (χ4v) is 3.51. The Labute approximate surface area is 169 Å². The van der Waals surface area contributed by atoms with Gasteiger partial charge < -0.3 is 10.1 Å². The van der Waals surface area contributed by atoms with Crippen LogP contribution >= 0.6 is 0 Å². The predicted octanol–water partition coefficient (Wildman–Crippen LogP) is 2.25. The Morgan fingerprint density at radius 1 is 1.07 bits per heavy atom. The second-order valence-corrected chi connectivity index (χ2v) is 8.13. The van der Waals surface area contributed by atoms with E-state index in [4.69, 9.17) is 4.74 Å². The highest BCUT2D eigenvalue weighted by molar-refractivity contribution is 7.90. The number of amides is 1. The maximum atomic E-state index is 14.2. The molecule has 8 nitrogen and oxygen atoms in total. The van der Waals surface area contributed by atoms with Gasteiger partial charge in [-0.05, 0) is 31.2 Å². The van der Waals surface area contributed by atoms with Gasteiger partial charge in [-0.1, -0.05) is 24.3 Å². The van der Waals surface area contributed by atoms with Gasteiger partial charge in [-0.2, -0.15) is 12.7 Å². The molecule has 2 aromatic carbocycles. The van der Waals surface area contributed by atoms with Crippen LogP contribution in [0, 0.1) is 5.82 Å². The van der Waals surface area contributed by atoms with Crippen molar-refractivity contribution in [3.63, 3.8) is 0 Å². The topological polar surface area (TPSA) is 96.0 Å². The van der Waals surface area contributed by atoms with Gasteiger partial charge in [-0.3, -0.25) is 4.79 Å². The second-order valence-electron chi connectivity index (χ2n) is 6.06. The first-order valence-corrected chi connectivity index (χ1v) is 10.1.